The zero-order chi connectivity index (χ0) is 21.6. The fraction of sp³-hybridized carbons (Fsp3) is 0.333. The molecule has 1 heterocycles. The van der Waals surface area contributed by atoms with Gasteiger partial charge in [-0.2, -0.15) is 13.2 Å². The minimum absolute atomic E-state index is 0.360. The van der Waals surface area contributed by atoms with E-state index in [1.54, 1.807) is 26.0 Å². The molecular formula is C21H21F3N2O3. The number of carbonyl (C=O) groups is 2. The van der Waals surface area contributed by atoms with Gasteiger partial charge in [-0.05, 0) is 57.5 Å². The molecule has 0 radical (unpaired) electrons. The lowest BCUT2D eigenvalue weighted by Gasteiger charge is -2.41. The highest BCUT2D eigenvalue weighted by molar-refractivity contribution is 6.09. The van der Waals surface area contributed by atoms with E-state index in [1.165, 1.54) is 30.0 Å². The molecule has 0 fully saturated rings. The summed E-state index contributed by atoms with van der Waals surface area (Å²) in [4.78, 5) is 27.1. The summed E-state index contributed by atoms with van der Waals surface area (Å²) in [5, 5.41) is 2.31. The van der Waals surface area contributed by atoms with Gasteiger partial charge < -0.3 is 10.1 Å². The lowest BCUT2D eigenvalue weighted by molar-refractivity contribution is -0.137. The number of amides is 2. The predicted molar refractivity (Wildman–Crippen MR) is 103 cm³/mol. The highest BCUT2D eigenvalue weighted by Gasteiger charge is 2.44. The van der Waals surface area contributed by atoms with E-state index in [-0.39, 0.29) is 5.69 Å². The number of ether oxygens (including phenoxy) is 1. The average Bonchev–Trinajstić information content (AvgIpc) is 2.62. The van der Waals surface area contributed by atoms with E-state index in [2.05, 4.69) is 5.32 Å². The number of rotatable bonds is 3. The summed E-state index contributed by atoms with van der Waals surface area (Å²) in [5.74, 6) is -0.766. The lowest BCUT2D eigenvalue weighted by Crippen LogP contribution is -2.58. The molecular weight excluding hydrogens is 385 g/mol. The summed E-state index contributed by atoms with van der Waals surface area (Å²) in [6.45, 7) is 6.45. The Hall–Kier alpha value is -3.03. The fourth-order valence-electron chi connectivity index (χ4n) is 3.20. The molecule has 0 bridgehead atoms. The highest BCUT2D eigenvalue weighted by Crippen LogP contribution is 2.40. The van der Waals surface area contributed by atoms with Crippen LogP contribution >= 0.6 is 0 Å². The summed E-state index contributed by atoms with van der Waals surface area (Å²) in [7, 11) is 0. The molecule has 154 valence electrons. The van der Waals surface area contributed by atoms with Crippen LogP contribution in [0.3, 0.4) is 0 Å². The van der Waals surface area contributed by atoms with Gasteiger partial charge in [0.25, 0.3) is 5.91 Å². The molecule has 2 aromatic carbocycles. The summed E-state index contributed by atoms with van der Waals surface area (Å²) in [6, 6.07) is 8.87. The molecule has 1 atom stereocenters. The number of aryl methyl sites for hydroxylation is 1. The average molecular weight is 406 g/mol. The topological polar surface area (TPSA) is 58.6 Å². The first kappa shape index (κ1) is 20.7. The molecule has 8 heteroatoms. The third kappa shape index (κ3) is 3.92. The van der Waals surface area contributed by atoms with E-state index in [9.17, 15) is 22.8 Å². The number of alkyl halides is 3. The van der Waals surface area contributed by atoms with Gasteiger partial charge in [-0.3, -0.25) is 14.5 Å². The molecule has 2 amide bonds. The van der Waals surface area contributed by atoms with Crippen molar-refractivity contribution >= 4 is 23.2 Å². The SMILES string of the molecule is Cc1ccc2c(c1)N(C(C)C(=O)Nc1ccccc1C(F)(F)F)C(=O)C(C)(C)O2. The number of fused-ring (bicyclic) bond motifs is 1. The van der Waals surface area contributed by atoms with Crippen LogP contribution in [0.15, 0.2) is 42.5 Å². The molecule has 2 aromatic rings. The molecule has 3 rings (SSSR count). The maximum absolute atomic E-state index is 13.2. The predicted octanol–water partition coefficient (Wildman–Crippen LogP) is 4.55. The van der Waals surface area contributed by atoms with Crippen LogP contribution in [0.5, 0.6) is 5.75 Å². The number of hydrogen-bond acceptors (Lipinski definition) is 3. The van der Waals surface area contributed by atoms with E-state index in [0.29, 0.717) is 11.4 Å². The Bertz CT molecular complexity index is 970. The van der Waals surface area contributed by atoms with Gasteiger partial charge in [-0.25, -0.2) is 0 Å². The van der Waals surface area contributed by atoms with Crippen molar-refractivity contribution in [3.8, 4) is 5.75 Å². The van der Waals surface area contributed by atoms with E-state index in [1.807, 2.05) is 13.0 Å². The van der Waals surface area contributed by atoms with Gasteiger partial charge in [0, 0.05) is 0 Å². The van der Waals surface area contributed by atoms with Gasteiger partial charge >= 0.3 is 6.18 Å². The minimum atomic E-state index is -4.62. The molecule has 1 aliphatic heterocycles. The Morgan fingerprint density at radius 2 is 1.83 bits per heavy atom. The minimum Gasteiger partial charge on any atom is -0.476 e. The second-order valence-electron chi connectivity index (χ2n) is 7.47. The Kier molecular flexibility index (Phi) is 5.06. The van der Waals surface area contributed by atoms with Gasteiger partial charge in [-0.1, -0.05) is 18.2 Å². The van der Waals surface area contributed by atoms with Gasteiger partial charge in [0.05, 0.1) is 16.9 Å². The van der Waals surface area contributed by atoms with E-state index in [0.717, 1.165) is 11.6 Å². The van der Waals surface area contributed by atoms with Crippen molar-refractivity contribution in [2.24, 2.45) is 0 Å². The highest BCUT2D eigenvalue weighted by atomic mass is 19.4. The van der Waals surface area contributed by atoms with Crippen molar-refractivity contribution in [3.63, 3.8) is 0 Å². The molecule has 0 aromatic heterocycles. The molecule has 1 N–H and O–H groups in total. The van der Waals surface area contributed by atoms with Crippen LogP contribution in [0.4, 0.5) is 24.5 Å². The van der Waals surface area contributed by atoms with Gasteiger partial charge in [0.1, 0.15) is 11.8 Å². The van der Waals surface area contributed by atoms with Crippen LogP contribution in [-0.2, 0) is 15.8 Å². The number of nitrogens with zero attached hydrogens (tertiary/aromatic N) is 1. The van der Waals surface area contributed by atoms with Crippen LogP contribution in [0.2, 0.25) is 0 Å². The Morgan fingerprint density at radius 1 is 1.17 bits per heavy atom. The van der Waals surface area contributed by atoms with Crippen molar-refractivity contribution in [2.75, 3.05) is 10.2 Å². The second kappa shape index (κ2) is 7.09. The number of anilines is 2. The maximum Gasteiger partial charge on any atom is 0.418 e. The first-order valence-corrected chi connectivity index (χ1v) is 9.02. The number of benzene rings is 2. The fourth-order valence-corrected chi connectivity index (χ4v) is 3.20. The van der Waals surface area contributed by atoms with E-state index >= 15 is 0 Å². The smallest absolute Gasteiger partial charge is 0.418 e. The lowest BCUT2D eigenvalue weighted by atomic mass is 10.0. The summed E-state index contributed by atoms with van der Waals surface area (Å²) in [6.07, 6.45) is -4.62. The van der Waals surface area contributed by atoms with Crippen molar-refractivity contribution in [3.05, 3.63) is 53.6 Å². The van der Waals surface area contributed by atoms with Crippen LogP contribution in [0.1, 0.15) is 31.9 Å². The van der Waals surface area contributed by atoms with Gasteiger partial charge in [-0.15, -0.1) is 0 Å². The number of nitrogens with one attached hydrogen (secondary N) is 1. The van der Waals surface area contributed by atoms with Crippen LogP contribution in [0.25, 0.3) is 0 Å². The van der Waals surface area contributed by atoms with Crippen molar-refractivity contribution < 1.29 is 27.5 Å². The van der Waals surface area contributed by atoms with Crippen molar-refractivity contribution in [1.82, 2.24) is 0 Å². The van der Waals surface area contributed by atoms with Gasteiger partial charge in [0.15, 0.2) is 5.60 Å². The number of halogens is 3. The normalized spacial score (nSPS) is 16.7. The van der Waals surface area contributed by atoms with Crippen molar-refractivity contribution in [1.29, 1.82) is 0 Å². The monoisotopic (exact) mass is 406 g/mol. The van der Waals surface area contributed by atoms with Crippen molar-refractivity contribution in [2.45, 2.75) is 45.5 Å². The third-order valence-electron chi connectivity index (χ3n) is 4.73. The quantitative estimate of drug-likeness (QED) is 0.814. The van der Waals surface area contributed by atoms with Crippen LogP contribution in [0, 0.1) is 6.92 Å². The Balaban J connectivity index is 1.96. The first-order valence-electron chi connectivity index (χ1n) is 9.02. The van der Waals surface area contributed by atoms with Crippen LogP contribution < -0.4 is 15.0 Å². The summed E-state index contributed by atoms with van der Waals surface area (Å²) < 4.78 is 45.4. The summed E-state index contributed by atoms with van der Waals surface area (Å²) >= 11 is 0. The standard InChI is InChI=1S/C21H21F3N2O3/c1-12-9-10-17-16(11-12)26(19(28)20(3,4)29-17)13(2)18(27)25-15-8-6-5-7-14(15)21(22,23)24/h5-11,13H,1-4H3,(H,25,27). The maximum atomic E-state index is 13.2. The molecule has 0 spiro atoms. The van der Waals surface area contributed by atoms with Gasteiger partial charge in [0.2, 0.25) is 5.91 Å². The van der Waals surface area contributed by atoms with E-state index < -0.39 is 35.2 Å². The third-order valence-corrected chi connectivity index (χ3v) is 4.73. The first-order chi connectivity index (χ1) is 13.4. The number of carbonyl (C=O) groups excluding carboxylic acids is 2. The number of para-hydroxylation sites is 1. The molecule has 1 unspecified atom stereocenters. The van der Waals surface area contributed by atoms with Crippen LogP contribution in [-0.4, -0.2) is 23.5 Å². The molecule has 29 heavy (non-hydrogen) atoms. The zero-order valence-electron chi connectivity index (χ0n) is 16.4. The largest absolute Gasteiger partial charge is 0.476 e. The van der Waals surface area contributed by atoms with E-state index in [4.69, 9.17) is 4.74 Å². The Morgan fingerprint density at radius 3 is 2.48 bits per heavy atom. The molecule has 0 saturated heterocycles. The zero-order valence-corrected chi connectivity index (χ0v) is 16.4. The number of hydrogen-bond donors (Lipinski definition) is 1. The summed E-state index contributed by atoms with van der Waals surface area (Å²) in [5.41, 5.74) is -1.28. The molecule has 1 aliphatic rings. The molecule has 5 nitrogen and oxygen atoms in total. The Labute approximate surface area is 166 Å². The second-order valence-corrected chi connectivity index (χ2v) is 7.47. The molecule has 0 aliphatic carbocycles. The molecule has 0 saturated carbocycles.